The number of amides is 1. The van der Waals surface area contributed by atoms with Gasteiger partial charge < -0.3 is 15.4 Å². The van der Waals surface area contributed by atoms with Gasteiger partial charge in [-0.3, -0.25) is 9.69 Å². The zero-order valence-electron chi connectivity index (χ0n) is 19.7. The number of alkyl halides is 3. The fraction of sp³-hybridized carbons (Fsp3) is 0.640. The molecule has 35 heavy (non-hydrogen) atoms. The van der Waals surface area contributed by atoms with Crippen molar-refractivity contribution in [2.24, 2.45) is 5.92 Å². The Balaban J connectivity index is 1.06. The first-order chi connectivity index (χ1) is 16.9. The Morgan fingerprint density at radius 2 is 1.89 bits per heavy atom. The molecule has 3 fully saturated rings. The Morgan fingerprint density at radius 1 is 1.09 bits per heavy atom. The summed E-state index contributed by atoms with van der Waals surface area (Å²) in [6.45, 7) is 2.53. The summed E-state index contributed by atoms with van der Waals surface area (Å²) in [5.41, 5.74) is -0.391. The van der Waals surface area contributed by atoms with Crippen LogP contribution in [0.2, 0.25) is 0 Å². The normalized spacial score (nSPS) is 26.3. The number of nitrogens with zero attached hydrogens (tertiary/aromatic N) is 3. The number of carbonyl (C=O) groups excluding carboxylic acids is 1. The number of hydrogen-bond donors (Lipinski definition) is 2. The lowest BCUT2D eigenvalue weighted by atomic mass is 9.79. The predicted molar refractivity (Wildman–Crippen MR) is 126 cm³/mol. The maximum atomic E-state index is 13.1. The standard InChI is InChI=1S/C25H32F3N5O2/c26-25(27,28)17-6-9-21-20(11-17)24(31-15-30-21)29-12-23(34)32-18-13-33(14-18)19-7-4-16(5-8-19)22-3-1-2-10-35-22/h6,9,11,15-16,18-19,22H,1-5,7-8,10,12-14H2,(H,32,34)(H,29,30,31). The number of rotatable bonds is 6. The number of ether oxygens (including phenoxy) is 1. The number of anilines is 1. The van der Waals surface area contributed by atoms with Crippen molar-refractivity contribution >= 4 is 22.6 Å². The van der Waals surface area contributed by atoms with Gasteiger partial charge in [0, 0.05) is 31.1 Å². The number of carbonyl (C=O) groups is 1. The SMILES string of the molecule is O=C(CNc1ncnc2ccc(C(F)(F)F)cc12)NC1CN(C2CCC(C3CCCCO3)CC2)C1. The van der Waals surface area contributed by atoms with Crippen LogP contribution >= 0.6 is 0 Å². The van der Waals surface area contributed by atoms with Crippen LogP contribution in [0.3, 0.4) is 0 Å². The van der Waals surface area contributed by atoms with Crippen molar-refractivity contribution in [2.45, 2.75) is 69.3 Å². The third-order valence-corrected chi connectivity index (χ3v) is 7.65. The Bertz CT molecular complexity index is 1030. The highest BCUT2D eigenvalue weighted by molar-refractivity contribution is 5.91. The van der Waals surface area contributed by atoms with Crippen molar-refractivity contribution in [2.75, 3.05) is 31.6 Å². The topological polar surface area (TPSA) is 79.4 Å². The van der Waals surface area contributed by atoms with Crippen LogP contribution < -0.4 is 10.6 Å². The minimum atomic E-state index is -4.46. The molecule has 0 radical (unpaired) electrons. The number of benzene rings is 1. The number of fused-ring (bicyclic) bond motifs is 1. The molecule has 3 aliphatic rings. The average Bonchev–Trinajstić information content (AvgIpc) is 2.84. The van der Waals surface area contributed by atoms with Crippen LogP contribution in [0.25, 0.3) is 10.9 Å². The molecule has 2 N–H and O–H groups in total. The van der Waals surface area contributed by atoms with Crippen LogP contribution in [0.15, 0.2) is 24.5 Å². The number of halogens is 3. The first-order valence-corrected chi connectivity index (χ1v) is 12.6. The summed E-state index contributed by atoms with van der Waals surface area (Å²) in [4.78, 5) is 23.0. The third kappa shape index (κ3) is 5.69. The summed E-state index contributed by atoms with van der Waals surface area (Å²) in [7, 11) is 0. The van der Waals surface area contributed by atoms with Crippen molar-refractivity contribution in [3.8, 4) is 0 Å². The molecule has 1 aromatic carbocycles. The molecule has 0 bridgehead atoms. The highest BCUT2D eigenvalue weighted by Crippen LogP contribution is 2.35. The predicted octanol–water partition coefficient (Wildman–Crippen LogP) is 3.99. The van der Waals surface area contributed by atoms with E-state index < -0.39 is 11.7 Å². The third-order valence-electron chi connectivity index (χ3n) is 7.65. The summed E-state index contributed by atoms with van der Waals surface area (Å²) in [6.07, 6.45) is 5.76. The first kappa shape index (κ1) is 24.2. The molecule has 3 heterocycles. The maximum Gasteiger partial charge on any atom is 0.416 e. The van der Waals surface area contributed by atoms with Crippen LogP contribution in [0, 0.1) is 5.92 Å². The lowest BCUT2D eigenvalue weighted by Crippen LogP contribution is -2.63. The molecule has 0 spiro atoms. The molecule has 1 aromatic heterocycles. The average molecular weight is 492 g/mol. The molecule has 7 nitrogen and oxygen atoms in total. The largest absolute Gasteiger partial charge is 0.416 e. The van der Waals surface area contributed by atoms with Crippen molar-refractivity contribution in [1.82, 2.24) is 20.2 Å². The van der Waals surface area contributed by atoms with E-state index >= 15 is 0 Å². The van der Waals surface area contributed by atoms with E-state index in [1.165, 1.54) is 57.3 Å². The van der Waals surface area contributed by atoms with Gasteiger partial charge in [0.15, 0.2) is 0 Å². The monoisotopic (exact) mass is 491 g/mol. The molecule has 1 unspecified atom stereocenters. The van der Waals surface area contributed by atoms with E-state index in [9.17, 15) is 18.0 Å². The maximum absolute atomic E-state index is 13.1. The van der Waals surface area contributed by atoms with Gasteiger partial charge in [-0.1, -0.05) is 0 Å². The first-order valence-electron chi connectivity index (χ1n) is 12.6. The van der Waals surface area contributed by atoms with Crippen LogP contribution in [0.4, 0.5) is 19.0 Å². The molecule has 1 amide bonds. The zero-order valence-corrected chi connectivity index (χ0v) is 19.7. The van der Waals surface area contributed by atoms with Gasteiger partial charge in [-0.2, -0.15) is 13.2 Å². The summed E-state index contributed by atoms with van der Waals surface area (Å²) in [6, 6.07) is 3.99. The van der Waals surface area contributed by atoms with Crippen LogP contribution in [0.1, 0.15) is 50.5 Å². The second-order valence-electron chi connectivity index (χ2n) is 10.00. The van der Waals surface area contributed by atoms with Gasteiger partial charge in [-0.25, -0.2) is 9.97 Å². The Kier molecular flexibility index (Phi) is 7.11. The molecular formula is C25H32F3N5O2. The van der Waals surface area contributed by atoms with Gasteiger partial charge in [0.2, 0.25) is 5.91 Å². The second-order valence-corrected chi connectivity index (χ2v) is 10.00. The molecule has 2 aromatic rings. The molecule has 2 aliphatic heterocycles. The van der Waals surface area contributed by atoms with E-state index in [1.54, 1.807) is 0 Å². The van der Waals surface area contributed by atoms with Crippen molar-refractivity contribution in [3.63, 3.8) is 0 Å². The van der Waals surface area contributed by atoms with E-state index in [0.29, 0.717) is 23.6 Å². The molecule has 5 rings (SSSR count). The van der Waals surface area contributed by atoms with E-state index in [0.717, 1.165) is 31.8 Å². The summed E-state index contributed by atoms with van der Waals surface area (Å²) < 4.78 is 45.2. The van der Waals surface area contributed by atoms with Crippen molar-refractivity contribution < 1.29 is 22.7 Å². The molecule has 1 saturated carbocycles. The summed E-state index contributed by atoms with van der Waals surface area (Å²) >= 11 is 0. The molecule has 1 atom stereocenters. The fourth-order valence-corrected chi connectivity index (χ4v) is 5.69. The smallest absolute Gasteiger partial charge is 0.378 e. The Labute approximate surface area is 202 Å². The van der Waals surface area contributed by atoms with E-state index in [2.05, 4.69) is 25.5 Å². The zero-order chi connectivity index (χ0) is 24.4. The minimum absolute atomic E-state index is 0.0641. The molecular weight excluding hydrogens is 459 g/mol. The van der Waals surface area contributed by atoms with E-state index in [4.69, 9.17) is 4.74 Å². The Hall–Kier alpha value is -2.46. The number of likely N-dealkylation sites (tertiary alicyclic amines) is 1. The minimum Gasteiger partial charge on any atom is -0.378 e. The molecule has 190 valence electrons. The van der Waals surface area contributed by atoms with Crippen LogP contribution in [0.5, 0.6) is 0 Å². The quantitative estimate of drug-likeness (QED) is 0.636. The lowest BCUT2D eigenvalue weighted by Gasteiger charge is -2.47. The van der Waals surface area contributed by atoms with Gasteiger partial charge in [-0.05, 0) is 69.1 Å². The van der Waals surface area contributed by atoms with E-state index in [-0.39, 0.29) is 29.7 Å². The highest BCUT2D eigenvalue weighted by atomic mass is 19.4. The summed E-state index contributed by atoms with van der Waals surface area (Å²) in [5.74, 6) is 0.705. The van der Waals surface area contributed by atoms with Gasteiger partial charge >= 0.3 is 6.18 Å². The highest BCUT2D eigenvalue weighted by Gasteiger charge is 2.37. The number of aromatic nitrogens is 2. The van der Waals surface area contributed by atoms with Gasteiger partial charge in [-0.15, -0.1) is 0 Å². The van der Waals surface area contributed by atoms with E-state index in [1.807, 2.05) is 0 Å². The van der Waals surface area contributed by atoms with Gasteiger partial charge in [0.1, 0.15) is 12.1 Å². The van der Waals surface area contributed by atoms with Gasteiger partial charge in [0.25, 0.3) is 0 Å². The summed E-state index contributed by atoms with van der Waals surface area (Å²) in [5, 5.41) is 6.12. The lowest BCUT2D eigenvalue weighted by molar-refractivity contribution is -0.137. The van der Waals surface area contributed by atoms with Crippen LogP contribution in [-0.4, -0.2) is 65.2 Å². The van der Waals surface area contributed by atoms with Crippen LogP contribution in [-0.2, 0) is 15.7 Å². The van der Waals surface area contributed by atoms with Crippen molar-refractivity contribution in [3.05, 3.63) is 30.1 Å². The van der Waals surface area contributed by atoms with Gasteiger partial charge in [0.05, 0.1) is 29.8 Å². The molecule has 10 heteroatoms. The number of nitrogens with one attached hydrogen (secondary N) is 2. The second kappa shape index (κ2) is 10.3. The molecule has 2 saturated heterocycles. The fourth-order valence-electron chi connectivity index (χ4n) is 5.69. The number of hydrogen-bond acceptors (Lipinski definition) is 6. The van der Waals surface area contributed by atoms with Crippen molar-refractivity contribution in [1.29, 1.82) is 0 Å². The molecule has 1 aliphatic carbocycles. The Morgan fingerprint density at radius 3 is 2.60 bits per heavy atom.